The molecule has 0 radical (unpaired) electrons. The predicted molar refractivity (Wildman–Crippen MR) is 82.5 cm³/mol. The van der Waals surface area contributed by atoms with Crippen LogP contribution in [0.25, 0.3) is 0 Å². The lowest BCUT2D eigenvalue weighted by Crippen LogP contribution is -2.53. The molecule has 2 aliphatic rings. The second-order valence-corrected chi connectivity index (χ2v) is 7.13. The maximum atomic E-state index is 12.3. The van der Waals surface area contributed by atoms with E-state index in [1.807, 2.05) is 25.7 Å². The van der Waals surface area contributed by atoms with Crippen molar-refractivity contribution in [3.05, 3.63) is 0 Å². The van der Waals surface area contributed by atoms with Crippen molar-refractivity contribution < 1.29 is 19.1 Å². The normalized spacial score (nSPS) is 27.6. The first kappa shape index (κ1) is 17.1. The summed E-state index contributed by atoms with van der Waals surface area (Å²) < 4.78 is 10.4. The molecule has 2 unspecified atom stereocenters. The molecule has 2 bridgehead atoms. The van der Waals surface area contributed by atoms with Gasteiger partial charge in [0.25, 0.3) is 0 Å². The van der Waals surface area contributed by atoms with Crippen LogP contribution in [0.2, 0.25) is 0 Å². The van der Waals surface area contributed by atoms with Crippen LogP contribution in [0.1, 0.15) is 53.4 Å². The van der Waals surface area contributed by atoms with Crippen LogP contribution in [-0.2, 0) is 14.3 Å². The molecular formula is C16H28N2O4. The molecule has 22 heavy (non-hydrogen) atoms. The molecule has 2 fully saturated rings. The van der Waals surface area contributed by atoms with Crippen LogP contribution in [0, 0.1) is 0 Å². The summed E-state index contributed by atoms with van der Waals surface area (Å²) in [6, 6.07) is 0.696. The number of fused-ring (bicyclic) bond motifs is 2. The highest BCUT2D eigenvalue weighted by Gasteiger charge is 2.44. The third-order valence-corrected chi connectivity index (χ3v) is 4.18. The molecule has 1 amide bonds. The molecule has 0 saturated carbocycles. The zero-order chi connectivity index (χ0) is 16.3. The molecule has 2 atom stereocenters. The van der Waals surface area contributed by atoms with Gasteiger partial charge >= 0.3 is 12.1 Å². The number of amides is 1. The predicted octanol–water partition coefficient (Wildman–Crippen LogP) is 2.07. The first-order chi connectivity index (χ1) is 10.3. The molecule has 6 heteroatoms. The van der Waals surface area contributed by atoms with Gasteiger partial charge in [-0.15, -0.1) is 0 Å². The summed E-state index contributed by atoms with van der Waals surface area (Å²) in [4.78, 5) is 25.7. The molecule has 0 aromatic carbocycles. The molecule has 0 spiro atoms. The number of hydrogen-bond acceptors (Lipinski definition) is 5. The van der Waals surface area contributed by atoms with E-state index in [0.717, 1.165) is 25.7 Å². The quantitative estimate of drug-likeness (QED) is 0.805. The van der Waals surface area contributed by atoms with Crippen LogP contribution in [0.3, 0.4) is 0 Å². The van der Waals surface area contributed by atoms with Crippen LogP contribution in [-0.4, -0.2) is 53.8 Å². The third-order valence-electron chi connectivity index (χ3n) is 4.18. The maximum Gasteiger partial charge on any atom is 0.410 e. The standard InChI is InChI=1S/C16H28N2O4/c1-5-21-14(19)10-17-11-8-12-6-7-13(9-11)18(12)15(20)22-16(2,3)4/h11-13,17H,5-10H2,1-4H3. The number of carbonyl (C=O) groups excluding carboxylic acids is 2. The van der Waals surface area contributed by atoms with Gasteiger partial charge in [-0.25, -0.2) is 4.79 Å². The van der Waals surface area contributed by atoms with Crippen LogP contribution < -0.4 is 5.32 Å². The molecule has 0 aromatic heterocycles. The van der Waals surface area contributed by atoms with E-state index in [1.165, 1.54) is 0 Å². The van der Waals surface area contributed by atoms with Crippen LogP contribution >= 0.6 is 0 Å². The number of carbonyl (C=O) groups is 2. The minimum absolute atomic E-state index is 0.205. The summed E-state index contributed by atoms with van der Waals surface area (Å²) in [6.45, 7) is 8.12. The van der Waals surface area contributed by atoms with E-state index < -0.39 is 5.60 Å². The second kappa shape index (κ2) is 6.86. The number of rotatable bonds is 4. The lowest BCUT2D eigenvalue weighted by atomic mass is 9.98. The summed E-state index contributed by atoms with van der Waals surface area (Å²) in [6.07, 6.45) is 3.57. The van der Waals surface area contributed by atoms with E-state index in [1.54, 1.807) is 6.92 Å². The molecule has 1 N–H and O–H groups in total. The Hall–Kier alpha value is -1.30. The number of ether oxygens (including phenoxy) is 2. The van der Waals surface area contributed by atoms with E-state index in [-0.39, 0.29) is 36.7 Å². The van der Waals surface area contributed by atoms with Crippen molar-refractivity contribution in [1.82, 2.24) is 10.2 Å². The van der Waals surface area contributed by atoms with Crippen LogP contribution in [0.15, 0.2) is 0 Å². The van der Waals surface area contributed by atoms with Crippen LogP contribution in [0.4, 0.5) is 4.79 Å². The van der Waals surface area contributed by atoms with Crippen LogP contribution in [0.5, 0.6) is 0 Å². The van der Waals surface area contributed by atoms with Crippen molar-refractivity contribution in [3.8, 4) is 0 Å². The molecular weight excluding hydrogens is 284 g/mol. The van der Waals surface area contributed by atoms with Gasteiger partial charge in [0, 0.05) is 18.1 Å². The smallest absolute Gasteiger partial charge is 0.410 e. The van der Waals surface area contributed by atoms with Gasteiger partial charge in [-0.3, -0.25) is 4.79 Å². The molecule has 0 aromatic rings. The molecule has 2 aliphatic heterocycles. The van der Waals surface area contributed by atoms with Gasteiger partial charge in [0.1, 0.15) is 5.60 Å². The Balaban J connectivity index is 1.86. The lowest BCUT2D eigenvalue weighted by molar-refractivity contribution is -0.142. The van der Waals surface area contributed by atoms with Gasteiger partial charge in [-0.2, -0.15) is 0 Å². The number of piperidine rings is 1. The summed E-state index contributed by atoms with van der Waals surface area (Å²) in [5.74, 6) is -0.218. The van der Waals surface area contributed by atoms with Gasteiger partial charge in [-0.1, -0.05) is 0 Å². The summed E-state index contributed by atoms with van der Waals surface area (Å²) >= 11 is 0. The number of nitrogens with zero attached hydrogens (tertiary/aromatic N) is 1. The van der Waals surface area contributed by atoms with Gasteiger partial charge < -0.3 is 19.7 Å². The fourth-order valence-electron chi connectivity index (χ4n) is 3.40. The monoisotopic (exact) mass is 312 g/mol. The Bertz CT molecular complexity index is 405. The first-order valence-electron chi connectivity index (χ1n) is 8.20. The highest BCUT2D eigenvalue weighted by Crippen LogP contribution is 2.36. The van der Waals surface area contributed by atoms with Crippen molar-refractivity contribution in [2.75, 3.05) is 13.2 Å². The molecule has 2 saturated heterocycles. The summed E-state index contributed by atoms with van der Waals surface area (Å²) in [5.41, 5.74) is -0.463. The Kier molecular flexibility index (Phi) is 5.32. The lowest BCUT2D eigenvalue weighted by Gasteiger charge is -2.39. The van der Waals surface area contributed by atoms with Crippen molar-refractivity contribution >= 4 is 12.1 Å². The SMILES string of the molecule is CCOC(=O)CNC1CC2CCC(C1)N2C(=O)OC(C)(C)C. The Morgan fingerprint density at radius 3 is 2.27 bits per heavy atom. The van der Waals surface area contributed by atoms with Crippen molar-refractivity contribution in [2.45, 2.75) is 77.1 Å². The highest BCUT2D eigenvalue weighted by molar-refractivity contribution is 5.71. The summed E-state index contributed by atoms with van der Waals surface area (Å²) in [5, 5.41) is 3.26. The second-order valence-electron chi connectivity index (χ2n) is 7.13. The molecule has 126 valence electrons. The minimum atomic E-state index is -0.463. The van der Waals surface area contributed by atoms with Gasteiger partial charge in [0.15, 0.2) is 0 Å². The van der Waals surface area contributed by atoms with Crippen molar-refractivity contribution in [1.29, 1.82) is 0 Å². The fourth-order valence-corrected chi connectivity index (χ4v) is 3.40. The summed E-state index contributed by atoms with van der Waals surface area (Å²) in [7, 11) is 0. The molecule has 2 heterocycles. The zero-order valence-electron chi connectivity index (χ0n) is 14.1. The number of esters is 1. The highest BCUT2D eigenvalue weighted by atomic mass is 16.6. The average molecular weight is 312 g/mol. The van der Waals surface area contributed by atoms with E-state index in [4.69, 9.17) is 9.47 Å². The van der Waals surface area contributed by atoms with E-state index in [0.29, 0.717) is 6.61 Å². The number of nitrogens with one attached hydrogen (secondary N) is 1. The Labute approximate surface area is 132 Å². The number of hydrogen-bond donors (Lipinski definition) is 1. The average Bonchev–Trinajstić information content (AvgIpc) is 2.66. The van der Waals surface area contributed by atoms with Gasteiger partial charge in [-0.05, 0) is 53.4 Å². The first-order valence-corrected chi connectivity index (χ1v) is 8.20. The van der Waals surface area contributed by atoms with Gasteiger partial charge in [0.2, 0.25) is 0 Å². The third kappa shape index (κ3) is 4.35. The minimum Gasteiger partial charge on any atom is -0.465 e. The van der Waals surface area contributed by atoms with Crippen molar-refractivity contribution in [3.63, 3.8) is 0 Å². The Morgan fingerprint density at radius 1 is 1.18 bits per heavy atom. The topological polar surface area (TPSA) is 67.9 Å². The fraction of sp³-hybridized carbons (Fsp3) is 0.875. The van der Waals surface area contributed by atoms with E-state index in [9.17, 15) is 9.59 Å². The maximum absolute atomic E-state index is 12.3. The zero-order valence-corrected chi connectivity index (χ0v) is 14.1. The van der Waals surface area contributed by atoms with Crippen molar-refractivity contribution in [2.24, 2.45) is 0 Å². The molecule has 0 aliphatic carbocycles. The van der Waals surface area contributed by atoms with E-state index in [2.05, 4.69) is 5.32 Å². The Morgan fingerprint density at radius 2 is 1.77 bits per heavy atom. The van der Waals surface area contributed by atoms with Gasteiger partial charge in [0.05, 0.1) is 13.2 Å². The molecule has 2 rings (SSSR count). The molecule has 6 nitrogen and oxygen atoms in total. The van der Waals surface area contributed by atoms with E-state index >= 15 is 0 Å². The largest absolute Gasteiger partial charge is 0.465 e.